The van der Waals surface area contributed by atoms with Crippen LogP contribution < -0.4 is 30.0 Å². The predicted octanol–water partition coefficient (Wildman–Crippen LogP) is 4.95. The normalized spacial score (nSPS) is 22.5. The van der Waals surface area contributed by atoms with Crippen molar-refractivity contribution in [3.8, 4) is 23.0 Å². The average Bonchev–Trinajstić information content (AvgIpc) is 3.67. The molecule has 3 atom stereocenters. The second-order valence-corrected chi connectivity index (χ2v) is 16.3. The number of ether oxygens (including phenoxy) is 4. The average molecular weight is 692 g/mol. The van der Waals surface area contributed by atoms with Crippen molar-refractivity contribution in [3.05, 3.63) is 58.7 Å². The van der Waals surface area contributed by atoms with Gasteiger partial charge in [-0.2, -0.15) is 0 Å². The number of benzene rings is 2. The van der Waals surface area contributed by atoms with Crippen LogP contribution >= 0.6 is 7.14 Å². The van der Waals surface area contributed by atoms with Gasteiger partial charge in [-0.25, -0.2) is 0 Å². The van der Waals surface area contributed by atoms with Crippen molar-refractivity contribution in [3.63, 3.8) is 0 Å². The van der Waals surface area contributed by atoms with Gasteiger partial charge >= 0.3 is 0 Å². The first-order valence-electron chi connectivity index (χ1n) is 16.9. The number of nitrogens with two attached hydrogens (primary N) is 1. The zero-order valence-electron chi connectivity index (χ0n) is 28.7. The number of methoxy groups -OCH3 is 2. The molecule has 262 valence electrons. The van der Waals surface area contributed by atoms with Gasteiger partial charge in [0.1, 0.15) is 0 Å². The van der Waals surface area contributed by atoms with Gasteiger partial charge < -0.3 is 44.4 Å². The third-order valence-corrected chi connectivity index (χ3v) is 13.0. The summed E-state index contributed by atoms with van der Waals surface area (Å²) in [7, 11) is 0.266. The van der Waals surface area contributed by atoms with Crippen LogP contribution in [0.1, 0.15) is 47.4 Å². The maximum absolute atomic E-state index is 14.0. The summed E-state index contributed by atoms with van der Waals surface area (Å²) in [6.07, 6.45) is 8.49. The smallest absolute Gasteiger partial charge is 0.257 e. The third-order valence-electron chi connectivity index (χ3n) is 9.91. The molecule has 2 amide bonds. The molecule has 0 spiro atoms. The number of aliphatic imine (C=N–C) groups is 1. The Morgan fingerprint density at radius 1 is 0.857 bits per heavy atom. The van der Waals surface area contributed by atoms with Gasteiger partial charge in [-0.05, 0) is 45.4 Å². The first-order valence-corrected chi connectivity index (χ1v) is 19.1. The van der Waals surface area contributed by atoms with E-state index in [1.165, 1.54) is 25.4 Å². The second kappa shape index (κ2) is 14.7. The lowest BCUT2D eigenvalue weighted by Gasteiger charge is -2.21. The molecule has 4 aliphatic heterocycles. The number of amides is 2. The second-order valence-electron chi connectivity index (χ2n) is 12.8. The minimum absolute atomic E-state index is 0.0352. The molecule has 2 aromatic carbocycles. The van der Waals surface area contributed by atoms with Gasteiger partial charge in [0.15, 0.2) is 23.0 Å². The summed E-state index contributed by atoms with van der Waals surface area (Å²) in [5.41, 5.74) is 10.6. The number of carbonyl (C=O) groups is 2. The quantitative estimate of drug-likeness (QED) is 0.233. The summed E-state index contributed by atoms with van der Waals surface area (Å²) in [5.74, 6) is 1.62. The van der Waals surface area contributed by atoms with Crippen molar-refractivity contribution in [2.75, 3.05) is 77.4 Å². The zero-order valence-corrected chi connectivity index (χ0v) is 29.6. The van der Waals surface area contributed by atoms with E-state index in [-0.39, 0.29) is 56.0 Å². The number of hydrogen-bond acceptors (Lipinski definition) is 10. The highest BCUT2D eigenvalue weighted by Gasteiger charge is 2.37. The van der Waals surface area contributed by atoms with Crippen molar-refractivity contribution in [2.24, 2.45) is 10.7 Å². The highest BCUT2D eigenvalue weighted by molar-refractivity contribution is 7.64. The molecule has 0 radical (unpaired) electrons. The summed E-state index contributed by atoms with van der Waals surface area (Å²) in [6, 6.07) is 6.91. The largest absolute Gasteiger partial charge is 0.493 e. The lowest BCUT2D eigenvalue weighted by atomic mass is 10.1. The van der Waals surface area contributed by atoms with E-state index in [0.29, 0.717) is 71.3 Å². The number of rotatable bonds is 12. The molecule has 6 rings (SSSR count). The SMILES string of the molecule is C/C=C1\C[C@H]2CNc3cc(OCCP(=O)(CCN)CCOc4cc5c(cc4OC)C(=O)N4C/C(=C/C)C[C@H]4C=N5)c(OC)cc3C(=O)N2C1. The summed E-state index contributed by atoms with van der Waals surface area (Å²) < 4.78 is 37.5. The number of allylic oxidation sites excluding steroid dienone is 2. The van der Waals surface area contributed by atoms with E-state index in [2.05, 4.69) is 22.5 Å². The van der Waals surface area contributed by atoms with Gasteiger partial charge in [0, 0.05) is 56.5 Å². The van der Waals surface area contributed by atoms with Crippen LogP contribution in [0, 0.1) is 0 Å². The fourth-order valence-electron chi connectivity index (χ4n) is 6.97. The molecule has 0 saturated carbocycles. The number of nitrogens with zero attached hydrogens (tertiary/aromatic N) is 3. The van der Waals surface area contributed by atoms with Crippen molar-refractivity contribution in [2.45, 2.75) is 38.8 Å². The van der Waals surface area contributed by atoms with E-state index in [0.717, 1.165) is 12.8 Å². The third kappa shape index (κ3) is 7.07. The molecular formula is C36H46N5O7P. The number of fused-ring (bicyclic) bond motifs is 4. The van der Waals surface area contributed by atoms with Gasteiger partial charge in [0.05, 0.1) is 69.2 Å². The summed E-state index contributed by atoms with van der Waals surface area (Å²) >= 11 is 0. The Balaban J connectivity index is 1.10. The van der Waals surface area contributed by atoms with Gasteiger partial charge in [-0.1, -0.05) is 23.3 Å². The lowest BCUT2D eigenvalue weighted by molar-refractivity contribution is 0.0750. The Morgan fingerprint density at radius 3 is 2.12 bits per heavy atom. The van der Waals surface area contributed by atoms with Crippen LogP contribution in [0.25, 0.3) is 0 Å². The van der Waals surface area contributed by atoms with Gasteiger partial charge in [0.25, 0.3) is 11.8 Å². The molecule has 2 fully saturated rings. The van der Waals surface area contributed by atoms with Crippen molar-refractivity contribution in [1.29, 1.82) is 0 Å². The minimum atomic E-state index is -2.80. The minimum Gasteiger partial charge on any atom is -0.493 e. The fraction of sp³-hybridized carbons (Fsp3) is 0.472. The van der Waals surface area contributed by atoms with Crippen molar-refractivity contribution in [1.82, 2.24) is 9.80 Å². The standard InChI is InChI=1S/C36H46N5O7P/c1-5-23-13-25-19-38-29-17-33(31(45-3)15-27(29)35(42)40(25)21-23)47-8-11-49(44,10-7-37)12-9-48-34-18-30-28(16-32(34)46-4)36(43)41-22-24(6-2)14-26(41)20-39-30/h5-6,15-19,25-26,39H,7-14,20-22,37H2,1-4H3/b23-5+,24-6+/t25-,26-,49?/m0/s1. The van der Waals surface area contributed by atoms with E-state index in [1.54, 1.807) is 24.3 Å². The van der Waals surface area contributed by atoms with E-state index in [1.807, 2.05) is 29.9 Å². The van der Waals surface area contributed by atoms with Crippen LogP contribution in [0.2, 0.25) is 0 Å². The van der Waals surface area contributed by atoms with Crippen LogP contribution in [0.5, 0.6) is 23.0 Å². The maximum atomic E-state index is 14.0. The molecule has 0 aliphatic carbocycles. The molecule has 49 heavy (non-hydrogen) atoms. The molecule has 13 heteroatoms. The number of hydrogen-bond donors (Lipinski definition) is 2. The van der Waals surface area contributed by atoms with E-state index in [9.17, 15) is 14.2 Å². The Morgan fingerprint density at radius 2 is 1.47 bits per heavy atom. The molecule has 1 unspecified atom stereocenters. The molecule has 0 bridgehead atoms. The van der Waals surface area contributed by atoms with E-state index in [4.69, 9.17) is 24.7 Å². The molecule has 4 aliphatic rings. The molecule has 12 nitrogen and oxygen atoms in total. The van der Waals surface area contributed by atoms with Crippen molar-refractivity contribution >= 4 is 36.5 Å². The Labute approximate surface area is 287 Å². The van der Waals surface area contributed by atoms with Gasteiger partial charge in [-0.15, -0.1) is 0 Å². The Bertz CT molecular complexity index is 1760. The summed E-state index contributed by atoms with van der Waals surface area (Å²) in [6.45, 7) is 6.44. The topological polar surface area (TPSA) is 145 Å². The number of anilines is 1. The Hall–Kier alpha value is -4.28. The molecule has 0 aromatic heterocycles. The fourth-order valence-corrected chi connectivity index (χ4v) is 8.96. The van der Waals surface area contributed by atoms with Crippen LogP contribution in [0.4, 0.5) is 11.4 Å². The Kier molecular flexibility index (Phi) is 10.4. The summed E-state index contributed by atoms with van der Waals surface area (Å²) in [4.78, 5) is 35.2. The molecule has 2 aromatic rings. The highest BCUT2D eigenvalue weighted by Crippen LogP contribution is 2.46. The van der Waals surface area contributed by atoms with Crippen LogP contribution in [0.3, 0.4) is 0 Å². The lowest BCUT2D eigenvalue weighted by Crippen LogP contribution is -2.36. The highest BCUT2D eigenvalue weighted by atomic mass is 31.2. The first-order chi connectivity index (χ1) is 23.7. The van der Waals surface area contributed by atoms with E-state index < -0.39 is 7.14 Å². The molecule has 3 N–H and O–H groups in total. The monoisotopic (exact) mass is 691 g/mol. The number of nitrogens with one attached hydrogen (secondary N) is 1. The van der Waals surface area contributed by atoms with Crippen LogP contribution in [-0.4, -0.2) is 112 Å². The van der Waals surface area contributed by atoms with Gasteiger partial charge in [-0.3, -0.25) is 14.6 Å². The molecule has 4 heterocycles. The zero-order chi connectivity index (χ0) is 34.7. The molecular weight excluding hydrogens is 645 g/mol. The number of carbonyl (C=O) groups excluding carboxylic acids is 2. The summed E-state index contributed by atoms with van der Waals surface area (Å²) in [5, 5.41) is 3.43. The van der Waals surface area contributed by atoms with Crippen LogP contribution in [-0.2, 0) is 4.57 Å². The maximum Gasteiger partial charge on any atom is 0.257 e. The van der Waals surface area contributed by atoms with Crippen LogP contribution in [0.15, 0.2) is 52.6 Å². The predicted molar refractivity (Wildman–Crippen MR) is 191 cm³/mol. The van der Waals surface area contributed by atoms with E-state index >= 15 is 0 Å². The first kappa shape index (κ1) is 34.6. The molecule has 2 saturated heterocycles. The van der Waals surface area contributed by atoms with Gasteiger partial charge in [0.2, 0.25) is 0 Å². The van der Waals surface area contributed by atoms with Crippen molar-refractivity contribution < 1.29 is 33.1 Å².